The molecule has 0 saturated heterocycles. The molecule has 0 unspecified atom stereocenters. The van der Waals surface area contributed by atoms with Gasteiger partial charge in [-0.25, -0.2) is 4.98 Å². The van der Waals surface area contributed by atoms with Gasteiger partial charge in [-0.05, 0) is 18.6 Å². The minimum Gasteiger partial charge on any atom is -0.383 e. The third-order valence-corrected chi connectivity index (χ3v) is 2.87. The quantitative estimate of drug-likeness (QED) is 0.674. The summed E-state index contributed by atoms with van der Waals surface area (Å²) in [7, 11) is 1.56. The highest BCUT2D eigenvalue weighted by Gasteiger charge is 2.11. The first-order valence-corrected chi connectivity index (χ1v) is 7.21. The molecule has 1 heterocycles. The van der Waals surface area contributed by atoms with Crippen molar-refractivity contribution in [1.29, 1.82) is 0 Å². The number of ether oxygens (including phenoxy) is 1. The molecule has 0 aliphatic heterocycles. The van der Waals surface area contributed by atoms with E-state index in [9.17, 15) is 9.59 Å². The van der Waals surface area contributed by atoms with Crippen molar-refractivity contribution in [2.75, 3.05) is 26.8 Å². The van der Waals surface area contributed by atoms with Crippen molar-refractivity contribution in [1.82, 2.24) is 15.6 Å². The van der Waals surface area contributed by atoms with Crippen LogP contribution in [-0.4, -0.2) is 43.6 Å². The van der Waals surface area contributed by atoms with Crippen molar-refractivity contribution >= 4 is 11.8 Å². The molecular formula is C15H23N3O3. The second-order valence-corrected chi connectivity index (χ2v) is 4.62. The second kappa shape index (κ2) is 9.88. The van der Waals surface area contributed by atoms with E-state index >= 15 is 0 Å². The van der Waals surface area contributed by atoms with Gasteiger partial charge in [0.15, 0.2) is 0 Å². The molecule has 2 amide bonds. The van der Waals surface area contributed by atoms with Crippen LogP contribution in [0.25, 0.3) is 0 Å². The van der Waals surface area contributed by atoms with Gasteiger partial charge in [-0.2, -0.15) is 0 Å². The molecule has 0 aliphatic carbocycles. The van der Waals surface area contributed by atoms with Gasteiger partial charge in [0.2, 0.25) is 0 Å². The van der Waals surface area contributed by atoms with Crippen molar-refractivity contribution in [3.63, 3.8) is 0 Å². The van der Waals surface area contributed by atoms with Crippen molar-refractivity contribution in [2.24, 2.45) is 0 Å². The fourth-order valence-corrected chi connectivity index (χ4v) is 1.71. The molecule has 0 fully saturated rings. The second-order valence-electron chi connectivity index (χ2n) is 4.62. The van der Waals surface area contributed by atoms with E-state index in [1.165, 1.54) is 0 Å². The maximum Gasteiger partial charge on any atom is 0.269 e. The van der Waals surface area contributed by atoms with Gasteiger partial charge >= 0.3 is 0 Å². The van der Waals surface area contributed by atoms with Crippen LogP contribution in [0, 0.1) is 0 Å². The lowest BCUT2D eigenvalue weighted by atomic mass is 10.2. The number of rotatable bonds is 9. The molecule has 1 rings (SSSR count). The Kier molecular flexibility index (Phi) is 8.04. The van der Waals surface area contributed by atoms with E-state index in [1.54, 1.807) is 25.3 Å². The van der Waals surface area contributed by atoms with E-state index in [-0.39, 0.29) is 23.2 Å². The van der Waals surface area contributed by atoms with Crippen LogP contribution in [-0.2, 0) is 4.74 Å². The van der Waals surface area contributed by atoms with E-state index in [4.69, 9.17) is 4.74 Å². The third-order valence-electron chi connectivity index (χ3n) is 2.87. The number of aromatic nitrogens is 1. The van der Waals surface area contributed by atoms with E-state index in [2.05, 4.69) is 22.5 Å². The molecule has 116 valence electrons. The van der Waals surface area contributed by atoms with Gasteiger partial charge in [-0.3, -0.25) is 9.59 Å². The van der Waals surface area contributed by atoms with Gasteiger partial charge in [-0.15, -0.1) is 0 Å². The Hall–Kier alpha value is -1.95. The lowest BCUT2D eigenvalue weighted by Gasteiger charge is -2.07. The van der Waals surface area contributed by atoms with Crippen molar-refractivity contribution < 1.29 is 14.3 Å². The highest BCUT2D eigenvalue weighted by molar-refractivity contribution is 5.96. The van der Waals surface area contributed by atoms with Crippen LogP contribution in [0.3, 0.4) is 0 Å². The van der Waals surface area contributed by atoms with Gasteiger partial charge in [0, 0.05) is 20.2 Å². The third kappa shape index (κ3) is 6.35. The number of hydrogen-bond donors (Lipinski definition) is 2. The molecule has 6 heteroatoms. The zero-order chi connectivity index (χ0) is 15.5. The van der Waals surface area contributed by atoms with Crippen LogP contribution in [0.1, 0.15) is 47.2 Å². The Bertz CT molecular complexity index is 463. The number of nitrogens with zero attached hydrogens (tertiary/aromatic N) is 1. The average Bonchev–Trinajstić information content (AvgIpc) is 2.51. The molecular weight excluding hydrogens is 270 g/mol. The number of hydrogen-bond acceptors (Lipinski definition) is 4. The first kappa shape index (κ1) is 17.1. The van der Waals surface area contributed by atoms with E-state index in [0.717, 1.165) is 19.3 Å². The summed E-state index contributed by atoms with van der Waals surface area (Å²) in [6.45, 7) is 3.57. The molecule has 0 bridgehead atoms. The van der Waals surface area contributed by atoms with Gasteiger partial charge in [0.05, 0.1) is 6.61 Å². The molecule has 0 aromatic carbocycles. The first-order chi connectivity index (χ1) is 10.2. The fourth-order valence-electron chi connectivity index (χ4n) is 1.71. The van der Waals surface area contributed by atoms with Crippen LogP contribution < -0.4 is 10.6 Å². The minimum absolute atomic E-state index is 0.229. The van der Waals surface area contributed by atoms with Crippen LogP contribution in [0.2, 0.25) is 0 Å². The summed E-state index contributed by atoms with van der Waals surface area (Å²) < 4.78 is 4.85. The molecule has 0 aliphatic rings. The van der Waals surface area contributed by atoms with E-state index in [0.29, 0.717) is 19.7 Å². The zero-order valence-corrected chi connectivity index (χ0v) is 12.6. The molecule has 0 spiro atoms. The SMILES string of the molecule is CCCCCNC(=O)c1cccc(C(=O)NCCOC)n1. The summed E-state index contributed by atoms with van der Waals surface area (Å²) >= 11 is 0. The summed E-state index contributed by atoms with van der Waals surface area (Å²) in [5, 5.41) is 5.47. The van der Waals surface area contributed by atoms with Crippen molar-refractivity contribution in [2.45, 2.75) is 26.2 Å². The zero-order valence-electron chi connectivity index (χ0n) is 12.6. The van der Waals surface area contributed by atoms with Gasteiger partial charge < -0.3 is 15.4 Å². The molecule has 2 N–H and O–H groups in total. The molecule has 6 nitrogen and oxygen atoms in total. The summed E-state index contributed by atoms with van der Waals surface area (Å²) in [5.74, 6) is -0.565. The average molecular weight is 293 g/mol. The number of pyridine rings is 1. The first-order valence-electron chi connectivity index (χ1n) is 7.21. The van der Waals surface area contributed by atoms with Crippen LogP contribution in [0.4, 0.5) is 0 Å². The fraction of sp³-hybridized carbons (Fsp3) is 0.533. The smallest absolute Gasteiger partial charge is 0.269 e. The normalized spacial score (nSPS) is 10.2. The Morgan fingerprint density at radius 2 is 1.71 bits per heavy atom. The summed E-state index contributed by atoms with van der Waals surface area (Å²) in [5.41, 5.74) is 0.484. The highest BCUT2D eigenvalue weighted by Crippen LogP contribution is 2.00. The van der Waals surface area contributed by atoms with Gasteiger partial charge in [0.1, 0.15) is 11.4 Å². The summed E-state index contributed by atoms with van der Waals surface area (Å²) in [4.78, 5) is 27.8. The highest BCUT2D eigenvalue weighted by atomic mass is 16.5. The maximum absolute atomic E-state index is 11.9. The standard InChI is InChI=1S/C15H23N3O3/c1-3-4-5-9-16-14(19)12-7-6-8-13(18-12)15(20)17-10-11-21-2/h6-8H,3-5,9-11H2,1-2H3,(H,16,19)(H,17,20). The van der Waals surface area contributed by atoms with Gasteiger partial charge in [-0.1, -0.05) is 25.8 Å². The van der Waals surface area contributed by atoms with E-state index < -0.39 is 0 Å². The number of carbonyl (C=O) groups is 2. The Labute approximate surface area is 125 Å². The number of amides is 2. The molecule has 1 aromatic heterocycles. The molecule has 21 heavy (non-hydrogen) atoms. The molecule has 1 aromatic rings. The summed E-state index contributed by atoms with van der Waals surface area (Å²) in [6, 6.07) is 4.83. The Morgan fingerprint density at radius 1 is 1.10 bits per heavy atom. The van der Waals surface area contributed by atoms with Crippen molar-refractivity contribution in [3.05, 3.63) is 29.6 Å². The number of methoxy groups -OCH3 is 1. The Morgan fingerprint density at radius 3 is 2.29 bits per heavy atom. The Balaban J connectivity index is 2.54. The lowest BCUT2D eigenvalue weighted by Crippen LogP contribution is -2.29. The monoisotopic (exact) mass is 293 g/mol. The van der Waals surface area contributed by atoms with Crippen LogP contribution >= 0.6 is 0 Å². The van der Waals surface area contributed by atoms with E-state index in [1.807, 2.05) is 0 Å². The predicted octanol–water partition coefficient (Wildman–Crippen LogP) is 1.38. The molecule has 0 atom stereocenters. The topological polar surface area (TPSA) is 80.3 Å². The van der Waals surface area contributed by atoms with Crippen molar-refractivity contribution in [3.8, 4) is 0 Å². The minimum atomic E-state index is -0.312. The van der Waals surface area contributed by atoms with Gasteiger partial charge in [0.25, 0.3) is 11.8 Å². The van der Waals surface area contributed by atoms with Crippen LogP contribution in [0.5, 0.6) is 0 Å². The van der Waals surface area contributed by atoms with Crippen LogP contribution in [0.15, 0.2) is 18.2 Å². The summed E-state index contributed by atoms with van der Waals surface area (Å²) in [6.07, 6.45) is 3.13. The number of unbranched alkanes of at least 4 members (excludes halogenated alkanes) is 2. The predicted molar refractivity (Wildman–Crippen MR) is 80.3 cm³/mol. The number of carbonyl (C=O) groups excluding carboxylic acids is 2. The number of nitrogens with one attached hydrogen (secondary N) is 2. The maximum atomic E-state index is 11.9. The molecule has 0 saturated carbocycles. The lowest BCUT2D eigenvalue weighted by molar-refractivity contribution is 0.0931. The largest absolute Gasteiger partial charge is 0.383 e. The molecule has 0 radical (unpaired) electrons.